The third kappa shape index (κ3) is 3.06. The molecule has 2 rings (SSSR count). The average Bonchev–Trinajstić information content (AvgIpc) is 2.24. The van der Waals surface area contributed by atoms with Gasteiger partial charge in [0.05, 0.1) is 0 Å². The fourth-order valence-corrected chi connectivity index (χ4v) is 2.74. The second-order valence-corrected chi connectivity index (χ2v) is 6.11. The Balaban J connectivity index is 1.96. The maximum absolute atomic E-state index is 12.0. The highest BCUT2D eigenvalue weighted by atomic mass is 16.2. The molecule has 0 aliphatic carbocycles. The van der Waals surface area contributed by atoms with Gasteiger partial charge in [-0.05, 0) is 37.3 Å². The van der Waals surface area contributed by atoms with Crippen LogP contribution in [-0.4, -0.2) is 36.3 Å². The molecular formula is C13H22N2O2. The SMILES string of the molecule is CC1(C)CC(=O)N(CC2CCNCC2)C(=O)C1. The summed E-state index contributed by atoms with van der Waals surface area (Å²) in [7, 11) is 0. The molecule has 4 heteroatoms. The Morgan fingerprint density at radius 3 is 2.24 bits per heavy atom. The molecule has 2 fully saturated rings. The minimum Gasteiger partial charge on any atom is -0.317 e. The second kappa shape index (κ2) is 4.77. The fourth-order valence-electron chi connectivity index (χ4n) is 2.74. The first-order valence-electron chi connectivity index (χ1n) is 6.52. The molecule has 2 heterocycles. The number of hydrogen-bond acceptors (Lipinski definition) is 3. The van der Waals surface area contributed by atoms with Gasteiger partial charge in [-0.1, -0.05) is 13.8 Å². The highest BCUT2D eigenvalue weighted by molar-refractivity contribution is 5.98. The topological polar surface area (TPSA) is 49.4 Å². The lowest BCUT2D eigenvalue weighted by Gasteiger charge is -2.37. The van der Waals surface area contributed by atoms with Gasteiger partial charge in [-0.2, -0.15) is 0 Å². The van der Waals surface area contributed by atoms with Crippen molar-refractivity contribution in [3.8, 4) is 0 Å². The lowest BCUT2D eigenvalue weighted by molar-refractivity contribution is -0.153. The summed E-state index contributed by atoms with van der Waals surface area (Å²) in [5.74, 6) is 0.528. The largest absolute Gasteiger partial charge is 0.317 e. The lowest BCUT2D eigenvalue weighted by atomic mass is 9.81. The number of nitrogens with one attached hydrogen (secondary N) is 1. The highest BCUT2D eigenvalue weighted by Gasteiger charge is 2.38. The van der Waals surface area contributed by atoms with Crippen molar-refractivity contribution in [1.82, 2.24) is 10.2 Å². The van der Waals surface area contributed by atoms with Gasteiger partial charge in [0.25, 0.3) is 0 Å². The van der Waals surface area contributed by atoms with E-state index in [4.69, 9.17) is 0 Å². The molecule has 0 spiro atoms. The van der Waals surface area contributed by atoms with Crippen LogP contribution in [0.3, 0.4) is 0 Å². The monoisotopic (exact) mass is 238 g/mol. The van der Waals surface area contributed by atoms with Crippen LogP contribution in [0.15, 0.2) is 0 Å². The summed E-state index contributed by atoms with van der Waals surface area (Å²) in [6, 6.07) is 0. The van der Waals surface area contributed by atoms with Crippen LogP contribution in [0.2, 0.25) is 0 Å². The lowest BCUT2D eigenvalue weighted by Crippen LogP contribution is -2.49. The number of carbonyl (C=O) groups excluding carboxylic acids is 2. The van der Waals surface area contributed by atoms with Crippen LogP contribution in [0.1, 0.15) is 39.5 Å². The van der Waals surface area contributed by atoms with Gasteiger partial charge in [-0.3, -0.25) is 14.5 Å². The van der Waals surface area contributed by atoms with Gasteiger partial charge in [-0.15, -0.1) is 0 Å². The number of rotatable bonds is 2. The predicted molar refractivity (Wildman–Crippen MR) is 65.3 cm³/mol. The number of imide groups is 1. The Bertz CT molecular complexity index is 299. The van der Waals surface area contributed by atoms with Crippen LogP contribution in [0.5, 0.6) is 0 Å². The van der Waals surface area contributed by atoms with Crippen molar-refractivity contribution in [3.05, 3.63) is 0 Å². The van der Waals surface area contributed by atoms with E-state index in [0.717, 1.165) is 25.9 Å². The third-order valence-corrected chi connectivity index (χ3v) is 3.76. The minimum absolute atomic E-state index is 0.0183. The second-order valence-electron chi connectivity index (χ2n) is 6.11. The quantitative estimate of drug-likeness (QED) is 0.734. The maximum atomic E-state index is 12.0. The zero-order valence-electron chi connectivity index (χ0n) is 10.8. The van der Waals surface area contributed by atoms with Crippen LogP contribution in [-0.2, 0) is 9.59 Å². The van der Waals surface area contributed by atoms with Crippen molar-refractivity contribution in [3.63, 3.8) is 0 Å². The predicted octanol–water partition coefficient (Wildman–Crippen LogP) is 1.16. The van der Waals surface area contributed by atoms with E-state index in [2.05, 4.69) is 5.32 Å². The normalized spacial score (nSPS) is 26.4. The van der Waals surface area contributed by atoms with E-state index < -0.39 is 0 Å². The third-order valence-electron chi connectivity index (χ3n) is 3.76. The molecule has 4 nitrogen and oxygen atoms in total. The number of hydrogen-bond donors (Lipinski definition) is 1. The Hall–Kier alpha value is -0.900. The summed E-state index contributed by atoms with van der Waals surface area (Å²) in [5, 5.41) is 3.30. The summed E-state index contributed by atoms with van der Waals surface area (Å²) >= 11 is 0. The molecule has 1 N–H and O–H groups in total. The molecule has 0 unspecified atom stereocenters. The molecule has 96 valence electrons. The molecule has 0 aromatic rings. The van der Waals surface area contributed by atoms with E-state index in [-0.39, 0.29) is 17.2 Å². The zero-order chi connectivity index (χ0) is 12.5. The fraction of sp³-hybridized carbons (Fsp3) is 0.846. The van der Waals surface area contributed by atoms with E-state index in [1.54, 1.807) is 0 Å². The van der Waals surface area contributed by atoms with Crippen molar-refractivity contribution in [1.29, 1.82) is 0 Å². The van der Waals surface area contributed by atoms with E-state index in [9.17, 15) is 9.59 Å². The maximum Gasteiger partial charge on any atom is 0.229 e. The first-order valence-corrected chi connectivity index (χ1v) is 6.52. The average molecular weight is 238 g/mol. The molecule has 0 radical (unpaired) electrons. The number of nitrogens with zero attached hydrogens (tertiary/aromatic N) is 1. The summed E-state index contributed by atoms with van der Waals surface area (Å²) in [6.45, 7) is 6.63. The smallest absolute Gasteiger partial charge is 0.229 e. The molecule has 2 aliphatic heterocycles. The molecule has 17 heavy (non-hydrogen) atoms. The number of carbonyl (C=O) groups is 2. The zero-order valence-corrected chi connectivity index (χ0v) is 10.8. The van der Waals surface area contributed by atoms with Crippen LogP contribution in [0, 0.1) is 11.3 Å². The van der Waals surface area contributed by atoms with Gasteiger partial charge in [-0.25, -0.2) is 0 Å². The van der Waals surface area contributed by atoms with Crippen molar-refractivity contribution < 1.29 is 9.59 Å². The van der Waals surface area contributed by atoms with E-state index in [1.807, 2.05) is 13.8 Å². The first-order chi connectivity index (χ1) is 7.98. The van der Waals surface area contributed by atoms with Crippen LogP contribution >= 0.6 is 0 Å². The molecule has 2 amide bonds. The Labute approximate surface area is 103 Å². The number of piperidine rings is 2. The van der Waals surface area contributed by atoms with E-state index in [0.29, 0.717) is 25.3 Å². The molecule has 2 saturated heterocycles. The Kier molecular flexibility index (Phi) is 3.52. The van der Waals surface area contributed by atoms with Crippen LogP contribution < -0.4 is 5.32 Å². The molecule has 0 aromatic heterocycles. The van der Waals surface area contributed by atoms with Crippen molar-refractivity contribution in [2.24, 2.45) is 11.3 Å². The van der Waals surface area contributed by atoms with Crippen molar-refractivity contribution >= 4 is 11.8 Å². The molecule has 2 aliphatic rings. The number of likely N-dealkylation sites (tertiary alicyclic amines) is 1. The molecular weight excluding hydrogens is 216 g/mol. The highest BCUT2D eigenvalue weighted by Crippen LogP contribution is 2.32. The van der Waals surface area contributed by atoms with Gasteiger partial charge in [0.15, 0.2) is 0 Å². The van der Waals surface area contributed by atoms with Gasteiger partial charge < -0.3 is 5.32 Å². The summed E-state index contributed by atoms with van der Waals surface area (Å²) in [4.78, 5) is 25.5. The molecule has 0 aromatic carbocycles. The van der Waals surface area contributed by atoms with Gasteiger partial charge >= 0.3 is 0 Å². The van der Waals surface area contributed by atoms with Gasteiger partial charge in [0, 0.05) is 19.4 Å². The van der Waals surface area contributed by atoms with Gasteiger partial charge in [0.1, 0.15) is 0 Å². The standard InChI is InChI=1S/C13H22N2O2/c1-13(2)7-11(16)15(12(17)8-13)9-10-3-5-14-6-4-10/h10,14H,3-9H2,1-2H3. The van der Waals surface area contributed by atoms with Gasteiger partial charge in [0.2, 0.25) is 11.8 Å². The van der Waals surface area contributed by atoms with E-state index in [1.165, 1.54) is 4.90 Å². The first kappa shape index (κ1) is 12.6. The Morgan fingerprint density at radius 2 is 1.71 bits per heavy atom. The minimum atomic E-state index is -0.154. The summed E-state index contributed by atoms with van der Waals surface area (Å²) in [5.41, 5.74) is -0.154. The van der Waals surface area contributed by atoms with Crippen molar-refractivity contribution in [2.45, 2.75) is 39.5 Å². The summed E-state index contributed by atoms with van der Waals surface area (Å²) in [6.07, 6.45) is 3.15. The molecule has 0 saturated carbocycles. The number of amides is 2. The molecule has 0 atom stereocenters. The summed E-state index contributed by atoms with van der Waals surface area (Å²) < 4.78 is 0. The molecule has 0 bridgehead atoms. The van der Waals surface area contributed by atoms with Crippen LogP contribution in [0.25, 0.3) is 0 Å². The Morgan fingerprint density at radius 1 is 1.18 bits per heavy atom. The van der Waals surface area contributed by atoms with Crippen molar-refractivity contribution in [2.75, 3.05) is 19.6 Å². The van der Waals surface area contributed by atoms with E-state index >= 15 is 0 Å². The van der Waals surface area contributed by atoms with Crippen LogP contribution in [0.4, 0.5) is 0 Å².